The fourth-order valence-electron chi connectivity index (χ4n) is 2.41. The van der Waals surface area contributed by atoms with Gasteiger partial charge < -0.3 is 14.5 Å². The third-order valence-electron chi connectivity index (χ3n) is 3.49. The molecule has 0 saturated carbocycles. The number of H-pyrrole nitrogens is 1. The van der Waals surface area contributed by atoms with E-state index in [9.17, 15) is 4.79 Å². The highest BCUT2D eigenvalue weighted by Crippen LogP contribution is 2.22. The number of nitrogens with zero attached hydrogens (tertiary/aromatic N) is 1. The van der Waals surface area contributed by atoms with Gasteiger partial charge in [-0.25, -0.2) is 4.79 Å². The number of rotatable bonds is 5. The number of nitrogens with one attached hydrogen (secondary N) is 3. The topological polar surface area (TPSA) is 92.2 Å². The Kier molecular flexibility index (Phi) is 5.33. The third kappa shape index (κ3) is 4.86. The summed E-state index contributed by atoms with van der Waals surface area (Å²) >= 11 is 0. The molecule has 0 radical (unpaired) electrons. The number of aryl methyl sites for hydroxylation is 2. The van der Waals surface area contributed by atoms with E-state index in [4.69, 9.17) is 9.15 Å². The Labute approximate surface area is 142 Å². The van der Waals surface area contributed by atoms with Gasteiger partial charge in [-0.2, -0.15) is 5.10 Å². The second-order valence-electron chi connectivity index (χ2n) is 6.87. The zero-order valence-corrected chi connectivity index (χ0v) is 15.1. The largest absolute Gasteiger partial charge is 0.466 e. The van der Waals surface area contributed by atoms with Crippen LogP contribution in [-0.2, 0) is 11.3 Å². The highest BCUT2D eigenvalue weighted by molar-refractivity contribution is 5.84. The zero-order chi connectivity index (χ0) is 17.9. The molecule has 2 rings (SSSR count). The Bertz CT molecular complexity index is 697. The number of ether oxygens (including phenoxy) is 1. The molecule has 132 valence electrons. The summed E-state index contributed by atoms with van der Waals surface area (Å²) < 4.78 is 10.8. The van der Waals surface area contributed by atoms with Crippen LogP contribution in [0.5, 0.6) is 0 Å². The van der Waals surface area contributed by atoms with Crippen molar-refractivity contribution >= 4 is 11.9 Å². The van der Waals surface area contributed by atoms with Crippen LogP contribution in [0, 0.1) is 13.8 Å². The van der Waals surface area contributed by atoms with E-state index in [0.717, 1.165) is 22.6 Å². The van der Waals surface area contributed by atoms with Crippen LogP contribution in [0.1, 0.15) is 56.4 Å². The Hall–Kier alpha value is -2.28. The first kappa shape index (κ1) is 18.1. The van der Waals surface area contributed by atoms with Crippen molar-refractivity contribution in [3.63, 3.8) is 0 Å². The summed E-state index contributed by atoms with van der Waals surface area (Å²) in [4.78, 5) is 11.9. The van der Waals surface area contributed by atoms with Gasteiger partial charge in [-0.1, -0.05) is 0 Å². The maximum atomic E-state index is 11.9. The van der Waals surface area contributed by atoms with Crippen LogP contribution in [0.25, 0.3) is 0 Å². The van der Waals surface area contributed by atoms with Crippen molar-refractivity contribution in [2.75, 3.05) is 5.32 Å². The molecule has 0 saturated heterocycles. The lowest BCUT2D eigenvalue weighted by Gasteiger charge is -2.19. The van der Waals surface area contributed by atoms with Crippen molar-refractivity contribution in [1.29, 1.82) is 0 Å². The van der Waals surface area contributed by atoms with Crippen LogP contribution in [0.4, 0.5) is 10.6 Å². The van der Waals surface area contributed by atoms with Gasteiger partial charge in [0.15, 0.2) is 0 Å². The molecule has 2 aromatic rings. The van der Waals surface area contributed by atoms with Gasteiger partial charge in [-0.3, -0.25) is 10.4 Å². The van der Waals surface area contributed by atoms with Gasteiger partial charge in [0, 0.05) is 23.7 Å². The van der Waals surface area contributed by atoms with Crippen LogP contribution < -0.4 is 10.6 Å². The third-order valence-corrected chi connectivity index (χ3v) is 3.49. The molecule has 7 heteroatoms. The fourth-order valence-corrected chi connectivity index (χ4v) is 2.41. The molecule has 2 heterocycles. The first-order valence-electron chi connectivity index (χ1n) is 7.98. The van der Waals surface area contributed by atoms with Gasteiger partial charge in [-0.05, 0) is 47.6 Å². The molecule has 0 aliphatic heterocycles. The molecule has 2 aromatic heterocycles. The van der Waals surface area contributed by atoms with E-state index in [1.54, 1.807) is 6.20 Å². The molecule has 0 aliphatic rings. The summed E-state index contributed by atoms with van der Waals surface area (Å²) in [5, 5.41) is 12.9. The minimum atomic E-state index is -0.548. The number of carbonyl (C=O) groups excluding carboxylic acids is 1. The molecule has 0 aliphatic carbocycles. The van der Waals surface area contributed by atoms with Crippen LogP contribution in [0.3, 0.4) is 0 Å². The minimum absolute atomic E-state index is 0.117. The lowest BCUT2D eigenvalue weighted by molar-refractivity contribution is 0.0635. The Morgan fingerprint density at radius 3 is 2.71 bits per heavy atom. The van der Waals surface area contributed by atoms with Crippen molar-refractivity contribution in [3.8, 4) is 0 Å². The molecule has 1 amide bonds. The van der Waals surface area contributed by atoms with Gasteiger partial charge in [0.2, 0.25) is 0 Å². The molecule has 0 fully saturated rings. The maximum absolute atomic E-state index is 11.9. The second-order valence-corrected chi connectivity index (χ2v) is 6.87. The summed E-state index contributed by atoms with van der Waals surface area (Å²) in [6.45, 7) is 12.0. The molecule has 24 heavy (non-hydrogen) atoms. The highest BCUT2D eigenvalue weighted by atomic mass is 16.6. The van der Waals surface area contributed by atoms with Gasteiger partial charge in [0.25, 0.3) is 0 Å². The average molecular weight is 334 g/mol. The number of carbonyl (C=O) groups is 1. The van der Waals surface area contributed by atoms with Crippen LogP contribution in [0.15, 0.2) is 16.7 Å². The molecule has 1 atom stereocenters. The number of aromatic nitrogens is 2. The molecule has 7 nitrogen and oxygen atoms in total. The van der Waals surface area contributed by atoms with Crippen LogP contribution in [-0.4, -0.2) is 21.9 Å². The maximum Gasteiger partial charge on any atom is 0.413 e. The molecule has 0 bridgehead atoms. The van der Waals surface area contributed by atoms with Gasteiger partial charge in [0.1, 0.15) is 22.9 Å². The highest BCUT2D eigenvalue weighted by Gasteiger charge is 2.18. The van der Waals surface area contributed by atoms with E-state index < -0.39 is 11.7 Å². The van der Waals surface area contributed by atoms with E-state index >= 15 is 0 Å². The van der Waals surface area contributed by atoms with Gasteiger partial charge in [-0.15, -0.1) is 0 Å². The van der Waals surface area contributed by atoms with Crippen molar-refractivity contribution < 1.29 is 13.9 Å². The first-order chi connectivity index (χ1) is 11.2. The summed E-state index contributed by atoms with van der Waals surface area (Å²) in [6, 6.07) is 2.15. The monoisotopic (exact) mass is 334 g/mol. The van der Waals surface area contributed by atoms with E-state index in [2.05, 4.69) is 27.8 Å². The predicted octanol–water partition coefficient (Wildman–Crippen LogP) is 3.82. The molecular formula is C17H26N4O3. The number of hydrogen-bond acceptors (Lipinski definition) is 5. The number of furan rings is 1. The van der Waals surface area contributed by atoms with Crippen molar-refractivity contribution in [3.05, 3.63) is 34.9 Å². The van der Waals surface area contributed by atoms with Crippen molar-refractivity contribution in [2.45, 2.75) is 59.7 Å². The van der Waals surface area contributed by atoms with E-state index in [1.807, 2.05) is 40.7 Å². The number of anilines is 1. The summed E-state index contributed by atoms with van der Waals surface area (Å²) in [5.41, 5.74) is 1.43. The Morgan fingerprint density at radius 1 is 1.42 bits per heavy atom. The van der Waals surface area contributed by atoms with Gasteiger partial charge in [0.05, 0.1) is 6.20 Å². The standard InChI is InChI=1S/C17H26N4O3/c1-10-7-14(12(3)23-10)11(2)18-8-13-9-19-21-15(13)20-16(22)24-17(4,5)6/h7,9,11,18H,8H2,1-6H3,(H2,19,20,21,22). The number of amides is 1. The molecular weight excluding hydrogens is 308 g/mol. The predicted molar refractivity (Wildman–Crippen MR) is 91.9 cm³/mol. The lowest BCUT2D eigenvalue weighted by atomic mass is 10.1. The second kappa shape index (κ2) is 7.09. The zero-order valence-electron chi connectivity index (χ0n) is 15.1. The quantitative estimate of drug-likeness (QED) is 0.773. The van der Waals surface area contributed by atoms with Gasteiger partial charge >= 0.3 is 6.09 Å². The normalized spacial score (nSPS) is 12.9. The molecule has 1 unspecified atom stereocenters. The Morgan fingerprint density at radius 2 is 2.12 bits per heavy atom. The van der Waals surface area contributed by atoms with Crippen LogP contribution in [0.2, 0.25) is 0 Å². The Balaban J connectivity index is 1.96. The summed E-state index contributed by atoms with van der Waals surface area (Å²) in [7, 11) is 0. The lowest BCUT2D eigenvalue weighted by Crippen LogP contribution is -2.28. The molecule has 0 aromatic carbocycles. The van der Waals surface area contributed by atoms with Crippen molar-refractivity contribution in [1.82, 2.24) is 15.5 Å². The number of aromatic amines is 1. The van der Waals surface area contributed by atoms with E-state index in [0.29, 0.717) is 12.4 Å². The first-order valence-corrected chi connectivity index (χ1v) is 7.98. The number of hydrogen-bond donors (Lipinski definition) is 3. The summed E-state index contributed by atoms with van der Waals surface area (Å²) in [6.07, 6.45) is 1.17. The smallest absolute Gasteiger partial charge is 0.413 e. The van der Waals surface area contributed by atoms with E-state index in [-0.39, 0.29) is 6.04 Å². The molecule has 3 N–H and O–H groups in total. The van der Waals surface area contributed by atoms with Crippen LogP contribution >= 0.6 is 0 Å². The fraction of sp³-hybridized carbons (Fsp3) is 0.529. The minimum Gasteiger partial charge on any atom is -0.466 e. The summed E-state index contributed by atoms with van der Waals surface area (Å²) in [5.74, 6) is 2.34. The average Bonchev–Trinajstić information content (AvgIpc) is 3.00. The molecule has 0 spiro atoms. The SMILES string of the molecule is Cc1cc(C(C)NCc2cn[nH]c2NC(=O)OC(C)(C)C)c(C)o1. The van der Waals surface area contributed by atoms with E-state index in [1.165, 1.54) is 0 Å². The van der Waals surface area contributed by atoms with Crippen molar-refractivity contribution in [2.24, 2.45) is 0 Å².